The van der Waals surface area contributed by atoms with Crippen LogP contribution in [-0.4, -0.2) is 9.13 Å². The van der Waals surface area contributed by atoms with E-state index in [2.05, 4.69) is 254 Å². The van der Waals surface area contributed by atoms with Crippen molar-refractivity contribution in [2.24, 2.45) is 14.1 Å². The van der Waals surface area contributed by atoms with Crippen LogP contribution in [0.15, 0.2) is 231 Å². The zero-order chi connectivity index (χ0) is 46.7. The van der Waals surface area contributed by atoms with E-state index in [1.165, 1.54) is 154 Å². The summed E-state index contributed by atoms with van der Waals surface area (Å²) in [4.78, 5) is 0. The molecule has 14 aromatic rings. The third-order valence-corrected chi connectivity index (χ3v) is 16.8. The van der Waals surface area contributed by atoms with Crippen LogP contribution in [0, 0.1) is 0 Å². The molecule has 0 aliphatic heterocycles. The monoisotopic (exact) mass is 900 g/mol. The maximum Gasteiger partial charge on any atom is 0.0731 e. The Labute approximate surface area is 410 Å². The summed E-state index contributed by atoms with van der Waals surface area (Å²) in [5, 5.41) is 12.7. The molecule has 0 fully saturated rings. The molecular weight excluding hydrogens is 857 g/mol. The summed E-state index contributed by atoms with van der Waals surface area (Å²) in [5.74, 6) is 0. The van der Waals surface area contributed by atoms with E-state index in [9.17, 15) is 0 Å². The van der Waals surface area contributed by atoms with Crippen LogP contribution in [-0.2, 0) is 19.5 Å². The number of aromatic nitrogens is 2. The minimum Gasteiger partial charge on any atom is -0.344 e. The van der Waals surface area contributed by atoms with Crippen molar-refractivity contribution in [1.82, 2.24) is 9.13 Å². The second-order valence-corrected chi connectivity index (χ2v) is 19.9. The van der Waals surface area contributed by atoms with Gasteiger partial charge in [-0.25, -0.2) is 0 Å². The molecule has 12 aromatic carbocycles. The van der Waals surface area contributed by atoms with Crippen LogP contribution in [0.1, 0.15) is 22.3 Å². The largest absolute Gasteiger partial charge is 0.344 e. The van der Waals surface area contributed by atoms with Crippen LogP contribution >= 0.6 is 0 Å². The Hall–Kier alpha value is -8.98. The van der Waals surface area contributed by atoms with Crippen LogP contribution in [0.2, 0.25) is 0 Å². The Morgan fingerprint density at radius 3 is 1.35 bits per heavy atom. The van der Waals surface area contributed by atoms with Crippen molar-refractivity contribution < 1.29 is 0 Å². The first-order valence-corrected chi connectivity index (χ1v) is 24.9. The van der Waals surface area contributed by atoms with Gasteiger partial charge in [-0.3, -0.25) is 0 Å². The summed E-state index contributed by atoms with van der Waals surface area (Å²) in [6.45, 7) is 0. The van der Waals surface area contributed by atoms with Crippen molar-refractivity contribution >= 4 is 75.9 Å². The normalized spacial score (nSPS) is 14.7. The van der Waals surface area contributed by atoms with Gasteiger partial charge in [-0.05, 0) is 141 Å². The molecule has 2 nitrogen and oxygen atoms in total. The van der Waals surface area contributed by atoms with Crippen LogP contribution < -0.4 is 0 Å². The molecule has 1 atom stereocenters. The molecule has 0 amide bonds. The van der Waals surface area contributed by atoms with E-state index < -0.39 is 5.41 Å². The molecule has 2 aromatic heterocycles. The number of nitrogens with zero attached hydrogens (tertiary/aromatic N) is 2. The summed E-state index contributed by atoms with van der Waals surface area (Å²) in [6, 6.07) is 87.5. The maximum absolute atomic E-state index is 2.53. The van der Waals surface area contributed by atoms with Crippen molar-refractivity contribution in [3.63, 3.8) is 0 Å². The molecule has 0 radical (unpaired) electrons. The van der Waals surface area contributed by atoms with Gasteiger partial charge in [-0.1, -0.05) is 200 Å². The molecule has 71 heavy (non-hydrogen) atoms. The first-order chi connectivity index (χ1) is 35.1. The highest BCUT2D eigenvalue weighted by Gasteiger charge is 2.53. The first kappa shape index (κ1) is 38.9. The number of hydrogen-bond acceptors (Lipinski definition) is 0. The molecule has 2 heteroatoms. The predicted molar refractivity (Wildman–Crippen MR) is 300 cm³/mol. The van der Waals surface area contributed by atoms with E-state index in [1.54, 1.807) is 0 Å². The second kappa shape index (κ2) is 14.1. The van der Waals surface area contributed by atoms with Crippen molar-refractivity contribution in [1.29, 1.82) is 0 Å². The molecule has 16 rings (SSSR count). The quantitative estimate of drug-likeness (QED) is 0.156. The van der Waals surface area contributed by atoms with Gasteiger partial charge in [0, 0.05) is 57.7 Å². The summed E-state index contributed by atoms with van der Waals surface area (Å²) in [6.07, 6.45) is 0. The molecule has 2 aliphatic carbocycles. The van der Waals surface area contributed by atoms with E-state index in [1.807, 2.05) is 0 Å². The third kappa shape index (κ3) is 4.87. The van der Waals surface area contributed by atoms with Gasteiger partial charge in [0.2, 0.25) is 0 Å². The van der Waals surface area contributed by atoms with Crippen molar-refractivity contribution in [2.75, 3.05) is 0 Å². The average molecular weight is 901 g/mol. The number of hydrogen-bond donors (Lipinski definition) is 0. The van der Waals surface area contributed by atoms with Crippen LogP contribution in [0.4, 0.5) is 0 Å². The Bertz CT molecular complexity index is 4500. The van der Waals surface area contributed by atoms with E-state index >= 15 is 0 Å². The molecule has 0 bridgehead atoms. The number of aryl methyl sites for hydroxylation is 2. The van der Waals surface area contributed by atoms with E-state index in [0.717, 1.165) is 0 Å². The molecule has 2 heterocycles. The van der Waals surface area contributed by atoms with Crippen molar-refractivity contribution in [2.45, 2.75) is 5.41 Å². The van der Waals surface area contributed by atoms with E-state index in [-0.39, 0.29) is 0 Å². The fourth-order valence-corrected chi connectivity index (χ4v) is 14.0. The Balaban J connectivity index is 1.08. The lowest BCUT2D eigenvalue weighted by Gasteiger charge is -2.31. The zero-order valence-corrected chi connectivity index (χ0v) is 39.3. The van der Waals surface area contributed by atoms with Gasteiger partial charge in [-0.2, -0.15) is 0 Å². The van der Waals surface area contributed by atoms with Gasteiger partial charge in [0.25, 0.3) is 0 Å². The van der Waals surface area contributed by atoms with Gasteiger partial charge in [0.1, 0.15) is 0 Å². The van der Waals surface area contributed by atoms with Crippen LogP contribution in [0.5, 0.6) is 0 Å². The molecular formula is C69H44N2. The third-order valence-electron chi connectivity index (χ3n) is 16.8. The number of benzene rings is 12. The summed E-state index contributed by atoms with van der Waals surface area (Å²) in [5.41, 5.74) is 22.6. The summed E-state index contributed by atoms with van der Waals surface area (Å²) in [7, 11) is 4.40. The number of para-hydroxylation sites is 2. The predicted octanol–water partition coefficient (Wildman–Crippen LogP) is 17.8. The molecule has 0 saturated heterocycles. The lowest BCUT2D eigenvalue weighted by Crippen LogP contribution is -2.26. The standard InChI is InChI=1S/C69H44N2/c1-70-60-34-11-7-22-52(60)66-46(28-16-36-62(66)70)43-24-13-26-48-55(43)40-56-44(47-29-17-37-63-67(47)53-23-8-12-35-61(53)71(63)2)25-14-27-49(56)64(48)54-30-15-33-59-65(54)51-21-6-10-32-58(51)69(59)57-31-9-5-20-45(57)50-39-38-41-18-3-4-19-42(41)68(50)69/h3-40H,1-2H3. The number of rotatable bonds is 3. The van der Waals surface area contributed by atoms with Crippen LogP contribution in [0.25, 0.3) is 132 Å². The minimum absolute atomic E-state index is 0.514. The molecule has 0 saturated carbocycles. The fourth-order valence-electron chi connectivity index (χ4n) is 14.0. The molecule has 2 aliphatic rings. The van der Waals surface area contributed by atoms with Gasteiger partial charge < -0.3 is 9.13 Å². The van der Waals surface area contributed by atoms with Gasteiger partial charge in [-0.15, -0.1) is 0 Å². The van der Waals surface area contributed by atoms with Gasteiger partial charge in [0.15, 0.2) is 0 Å². The summed E-state index contributed by atoms with van der Waals surface area (Å²) < 4.78 is 4.71. The van der Waals surface area contributed by atoms with Gasteiger partial charge >= 0.3 is 0 Å². The summed E-state index contributed by atoms with van der Waals surface area (Å²) >= 11 is 0. The van der Waals surface area contributed by atoms with Gasteiger partial charge in [0.05, 0.1) is 5.41 Å². The van der Waals surface area contributed by atoms with E-state index in [0.29, 0.717) is 0 Å². The SMILES string of the molecule is Cn1c2ccccc2c2c(-c3cccc4c(-c5cccc6c5-c5ccccc5C65c6ccccc6-c6ccc7ccccc7c65)c5cccc(-c6cccc7c6c6ccccc6n7C)c5cc34)cccc21. The lowest BCUT2D eigenvalue weighted by molar-refractivity contribution is 0.801. The molecule has 330 valence electrons. The van der Waals surface area contributed by atoms with E-state index in [4.69, 9.17) is 0 Å². The highest BCUT2D eigenvalue weighted by Crippen LogP contribution is 2.66. The number of fused-ring (bicyclic) bond motifs is 20. The Morgan fingerprint density at radius 1 is 0.268 bits per heavy atom. The van der Waals surface area contributed by atoms with Crippen molar-refractivity contribution in [3.05, 3.63) is 253 Å². The van der Waals surface area contributed by atoms with Crippen molar-refractivity contribution in [3.8, 4) is 55.6 Å². The highest BCUT2D eigenvalue weighted by atomic mass is 14.9. The zero-order valence-electron chi connectivity index (χ0n) is 39.3. The molecule has 0 N–H and O–H groups in total. The Morgan fingerprint density at radius 2 is 0.704 bits per heavy atom. The smallest absolute Gasteiger partial charge is 0.0731 e. The topological polar surface area (TPSA) is 9.86 Å². The van der Waals surface area contributed by atoms with Crippen LogP contribution in [0.3, 0.4) is 0 Å². The first-order valence-electron chi connectivity index (χ1n) is 24.9. The fraction of sp³-hybridized carbons (Fsp3) is 0.0435. The molecule has 1 unspecified atom stereocenters. The highest BCUT2D eigenvalue weighted by molar-refractivity contribution is 6.25. The maximum atomic E-state index is 2.53. The Kier molecular flexibility index (Phi) is 7.71. The lowest BCUT2D eigenvalue weighted by atomic mass is 9.69. The minimum atomic E-state index is -0.514. The molecule has 1 spiro atoms. The average Bonchev–Trinajstić information content (AvgIpc) is 4.11. The second-order valence-electron chi connectivity index (χ2n) is 19.9.